The Kier molecular flexibility index (Phi) is 4.00. The lowest BCUT2D eigenvalue weighted by atomic mass is 10.3. The number of ether oxygens (including phenoxy) is 1. The molecule has 7 heavy (non-hydrogen) atoms. The molecule has 1 unspecified atom stereocenters. The highest BCUT2D eigenvalue weighted by atomic mass is 32.1. The van der Waals surface area contributed by atoms with Gasteiger partial charge < -0.3 is 4.74 Å². The van der Waals surface area contributed by atoms with Crippen molar-refractivity contribution in [2.24, 2.45) is 0 Å². The van der Waals surface area contributed by atoms with Crippen molar-refractivity contribution < 1.29 is 4.74 Å². The molecule has 0 aromatic rings. The molecule has 0 spiro atoms. The number of hydrogen-bond donors (Lipinski definition) is 0. The van der Waals surface area contributed by atoms with Crippen LogP contribution >= 0.6 is 12.2 Å². The van der Waals surface area contributed by atoms with Gasteiger partial charge in [0.1, 0.15) is 5.55 Å². The van der Waals surface area contributed by atoms with E-state index >= 15 is 0 Å². The molecule has 1 atom stereocenters. The quantitative estimate of drug-likeness (QED) is 0.522. The van der Waals surface area contributed by atoms with Crippen LogP contribution in [0.25, 0.3) is 0 Å². The van der Waals surface area contributed by atoms with E-state index in [1.54, 1.807) is 0 Å². The Morgan fingerprint density at radius 2 is 2.43 bits per heavy atom. The molecule has 0 aliphatic heterocycles. The maximum atomic E-state index is 4.88. The standard InChI is InChI=1S/C5H10OS/c1-3-5(2)6-4-7/h4-5H,3H2,1-2H3. The van der Waals surface area contributed by atoms with E-state index in [1.165, 1.54) is 5.55 Å². The van der Waals surface area contributed by atoms with Gasteiger partial charge in [0, 0.05) is 0 Å². The second kappa shape index (κ2) is 4.06. The Labute approximate surface area is 49.7 Å². The van der Waals surface area contributed by atoms with E-state index in [-0.39, 0.29) is 6.10 Å². The molecular weight excluding hydrogens is 108 g/mol. The zero-order valence-corrected chi connectivity index (χ0v) is 5.49. The Bertz CT molecular complexity index is 54.0. The Balaban J connectivity index is 2.98. The maximum Gasteiger partial charge on any atom is 0.146 e. The molecule has 0 fully saturated rings. The SMILES string of the molecule is CCC(C)OC=S. The largest absolute Gasteiger partial charge is 0.487 e. The summed E-state index contributed by atoms with van der Waals surface area (Å²) in [6.07, 6.45) is 1.31. The first-order chi connectivity index (χ1) is 3.31. The molecule has 0 heterocycles. The smallest absolute Gasteiger partial charge is 0.146 e. The first-order valence-corrected chi connectivity index (χ1v) is 2.87. The zero-order chi connectivity index (χ0) is 5.70. The number of rotatable bonds is 3. The predicted octanol–water partition coefficient (Wildman–Crippen LogP) is 1.76. The summed E-state index contributed by atoms with van der Waals surface area (Å²) in [7, 11) is 0. The van der Waals surface area contributed by atoms with Crippen LogP contribution in [0.2, 0.25) is 0 Å². The van der Waals surface area contributed by atoms with E-state index in [2.05, 4.69) is 19.1 Å². The van der Waals surface area contributed by atoms with Gasteiger partial charge in [-0.2, -0.15) is 0 Å². The summed E-state index contributed by atoms with van der Waals surface area (Å²) in [4.78, 5) is 0. The van der Waals surface area contributed by atoms with Gasteiger partial charge in [-0.3, -0.25) is 0 Å². The van der Waals surface area contributed by atoms with Gasteiger partial charge in [-0.25, -0.2) is 0 Å². The molecule has 0 radical (unpaired) electrons. The van der Waals surface area contributed by atoms with Gasteiger partial charge in [0.15, 0.2) is 0 Å². The lowest BCUT2D eigenvalue weighted by molar-refractivity contribution is 0.221. The van der Waals surface area contributed by atoms with Crippen LogP contribution in [-0.4, -0.2) is 11.7 Å². The fourth-order valence-corrected chi connectivity index (χ4v) is 0.381. The first-order valence-electron chi connectivity index (χ1n) is 2.40. The summed E-state index contributed by atoms with van der Waals surface area (Å²) >= 11 is 4.45. The van der Waals surface area contributed by atoms with Crippen LogP contribution in [0.4, 0.5) is 0 Å². The molecule has 0 amide bonds. The molecule has 0 aliphatic carbocycles. The van der Waals surface area contributed by atoms with Crippen molar-refractivity contribution in [3.63, 3.8) is 0 Å². The van der Waals surface area contributed by atoms with Crippen molar-refractivity contribution in [1.29, 1.82) is 0 Å². The second-order valence-corrected chi connectivity index (χ2v) is 1.64. The third kappa shape index (κ3) is 3.73. The number of hydrogen-bond acceptors (Lipinski definition) is 2. The molecule has 42 valence electrons. The fraction of sp³-hybridized carbons (Fsp3) is 0.800. The van der Waals surface area contributed by atoms with Gasteiger partial charge in [0.2, 0.25) is 0 Å². The van der Waals surface area contributed by atoms with Crippen molar-refractivity contribution in [1.82, 2.24) is 0 Å². The molecule has 0 saturated heterocycles. The van der Waals surface area contributed by atoms with E-state index in [1.807, 2.05) is 6.92 Å². The topological polar surface area (TPSA) is 9.23 Å². The van der Waals surface area contributed by atoms with E-state index in [0.29, 0.717) is 0 Å². The minimum atomic E-state index is 0.289. The molecule has 0 rings (SSSR count). The molecule has 1 nitrogen and oxygen atoms in total. The molecule has 0 saturated carbocycles. The van der Waals surface area contributed by atoms with Crippen molar-refractivity contribution in [2.45, 2.75) is 26.4 Å². The van der Waals surface area contributed by atoms with Gasteiger partial charge >= 0.3 is 0 Å². The lowest BCUT2D eigenvalue weighted by Crippen LogP contribution is -2.02. The van der Waals surface area contributed by atoms with E-state index in [4.69, 9.17) is 4.74 Å². The average Bonchev–Trinajstić information content (AvgIpc) is 1.68. The van der Waals surface area contributed by atoms with Crippen molar-refractivity contribution in [2.75, 3.05) is 0 Å². The van der Waals surface area contributed by atoms with Gasteiger partial charge in [-0.1, -0.05) is 6.92 Å². The number of thiocarbonyl (C=S) groups is 1. The molecule has 0 N–H and O–H groups in total. The summed E-state index contributed by atoms with van der Waals surface area (Å²) in [5, 5.41) is 0. The Hall–Kier alpha value is -0.110. The van der Waals surface area contributed by atoms with Crippen LogP contribution in [0, 0.1) is 0 Å². The van der Waals surface area contributed by atoms with Crippen molar-refractivity contribution >= 4 is 17.8 Å². The molecule has 0 aromatic heterocycles. The molecule has 0 bridgehead atoms. The van der Waals surface area contributed by atoms with Crippen molar-refractivity contribution in [3.8, 4) is 0 Å². The summed E-state index contributed by atoms with van der Waals surface area (Å²) in [6.45, 7) is 4.05. The third-order valence-corrected chi connectivity index (χ3v) is 0.974. The van der Waals surface area contributed by atoms with E-state index in [9.17, 15) is 0 Å². The third-order valence-electron chi connectivity index (χ3n) is 0.863. The highest BCUT2D eigenvalue weighted by molar-refractivity contribution is 7.78. The molecule has 0 aliphatic rings. The van der Waals surface area contributed by atoms with Crippen LogP contribution < -0.4 is 0 Å². The summed E-state index contributed by atoms with van der Waals surface area (Å²) < 4.78 is 4.88. The normalized spacial score (nSPS) is 12.9. The summed E-state index contributed by atoms with van der Waals surface area (Å²) in [5.41, 5.74) is 1.31. The fourth-order valence-electron chi connectivity index (χ4n) is 0.191. The average molecular weight is 118 g/mol. The van der Waals surface area contributed by atoms with Crippen molar-refractivity contribution in [3.05, 3.63) is 0 Å². The first kappa shape index (κ1) is 6.89. The predicted molar refractivity (Wildman–Crippen MR) is 34.5 cm³/mol. The highest BCUT2D eigenvalue weighted by Gasteiger charge is 1.91. The monoisotopic (exact) mass is 118 g/mol. The molecule has 2 heteroatoms. The van der Waals surface area contributed by atoms with Crippen LogP contribution in [0.1, 0.15) is 20.3 Å². The molecule has 0 aromatic carbocycles. The van der Waals surface area contributed by atoms with Gasteiger partial charge in [0.05, 0.1) is 6.10 Å². The van der Waals surface area contributed by atoms with Gasteiger partial charge in [-0.15, -0.1) is 0 Å². The highest BCUT2D eigenvalue weighted by Crippen LogP contribution is 1.91. The van der Waals surface area contributed by atoms with Crippen LogP contribution in [-0.2, 0) is 4.74 Å². The minimum absolute atomic E-state index is 0.289. The van der Waals surface area contributed by atoms with Crippen LogP contribution in [0.5, 0.6) is 0 Å². The lowest BCUT2D eigenvalue weighted by Gasteiger charge is -2.03. The minimum Gasteiger partial charge on any atom is -0.487 e. The Morgan fingerprint density at radius 3 is 2.57 bits per heavy atom. The van der Waals surface area contributed by atoms with Crippen LogP contribution in [0.3, 0.4) is 0 Å². The summed E-state index contributed by atoms with van der Waals surface area (Å²) in [6, 6.07) is 0. The van der Waals surface area contributed by atoms with Crippen LogP contribution in [0.15, 0.2) is 0 Å². The zero-order valence-electron chi connectivity index (χ0n) is 4.68. The maximum absolute atomic E-state index is 4.88. The second-order valence-electron chi connectivity index (χ2n) is 1.45. The summed E-state index contributed by atoms with van der Waals surface area (Å²) in [5.74, 6) is 0. The Morgan fingerprint density at radius 1 is 1.86 bits per heavy atom. The van der Waals surface area contributed by atoms with E-state index in [0.717, 1.165) is 6.42 Å². The van der Waals surface area contributed by atoms with Gasteiger partial charge in [-0.05, 0) is 25.6 Å². The van der Waals surface area contributed by atoms with Gasteiger partial charge in [0.25, 0.3) is 0 Å². The van der Waals surface area contributed by atoms with E-state index < -0.39 is 0 Å². The molecular formula is C5H10OS.